The summed E-state index contributed by atoms with van der Waals surface area (Å²) in [5, 5.41) is 5.53. The molecule has 3 rings (SSSR count). The smallest absolute Gasteiger partial charge is 0.320 e. The number of aromatic nitrogens is 3. The van der Waals surface area contributed by atoms with Crippen LogP contribution in [-0.2, 0) is 0 Å². The summed E-state index contributed by atoms with van der Waals surface area (Å²) in [6.07, 6.45) is 4.83. The highest BCUT2D eigenvalue weighted by atomic mass is 16.3. The SMILES string of the molecule is CCCCCNC(=O)Nc1ccc2ncc(-c3ccc(C)o3)nc2n1. The van der Waals surface area contributed by atoms with Crippen LogP contribution >= 0.6 is 0 Å². The van der Waals surface area contributed by atoms with Crippen LogP contribution in [0.2, 0.25) is 0 Å². The minimum absolute atomic E-state index is 0.270. The van der Waals surface area contributed by atoms with E-state index in [0.29, 0.717) is 35.0 Å². The van der Waals surface area contributed by atoms with Crippen molar-refractivity contribution in [2.45, 2.75) is 33.1 Å². The van der Waals surface area contributed by atoms with Gasteiger partial charge < -0.3 is 9.73 Å². The highest BCUT2D eigenvalue weighted by Crippen LogP contribution is 2.21. The summed E-state index contributed by atoms with van der Waals surface area (Å²) in [5.41, 5.74) is 1.71. The first kappa shape index (κ1) is 16.9. The predicted octanol–water partition coefficient (Wildman–Crippen LogP) is 3.90. The molecule has 0 radical (unpaired) electrons. The van der Waals surface area contributed by atoms with Crippen molar-refractivity contribution in [1.82, 2.24) is 20.3 Å². The molecule has 0 aliphatic heterocycles. The summed E-state index contributed by atoms with van der Waals surface area (Å²) >= 11 is 0. The van der Waals surface area contributed by atoms with Crippen molar-refractivity contribution < 1.29 is 9.21 Å². The molecule has 2 amide bonds. The first-order valence-corrected chi connectivity index (χ1v) is 8.41. The zero-order chi connectivity index (χ0) is 17.6. The van der Waals surface area contributed by atoms with Crippen molar-refractivity contribution in [3.63, 3.8) is 0 Å². The normalized spacial score (nSPS) is 10.8. The number of hydrogen-bond donors (Lipinski definition) is 2. The van der Waals surface area contributed by atoms with E-state index in [4.69, 9.17) is 4.42 Å². The molecule has 2 N–H and O–H groups in total. The molecule has 0 atom stereocenters. The fourth-order valence-corrected chi connectivity index (χ4v) is 2.40. The van der Waals surface area contributed by atoms with Crippen molar-refractivity contribution in [3.05, 3.63) is 36.2 Å². The van der Waals surface area contributed by atoms with Crippen LogP contribution in [0.15, 0.2) is 34.9 Å². The molecular formula is C18H21N5O2. The van der Waals surface area contributed by atoms with Gasteiger partial charge in [0.2, 0.25) is 0 Å². The van der Waals surface area contributed by atoms with Crippen LogP contribution in [0.3, 0.4) is 0 Å². The number of nitrogens with zero attached hydrogens (tertiary/aromatic N) is 3. The summed E-state index contributed by atoms with van der Waals surface area (Å²) in [6, 6.07) is 6.93. The molecule has 25 heavy (non-hydrogen) atoms. The van der Waals surface area contributed by atoms with Crippen LogP contribution in [0.4, 0.5) is 10.6 Å². The van der Waals surface area contributed by atoms with E-state index in [9.17, 15) is 4.79 Å². The monoisotopic (exact) mass is 339 g/mol. The van der Waals surface area contributed by atoms with Crippen LogP contribution in [0.25, 0.3) is 22.6 Å². The van der Waals surface area contributed by atoms with Crippen molar-refractivity contribution in [2.24, 2.45) is 0 Å². The highest BCUT2D eigenvalue weighted by Gasteiger charge is 2.09. The van der Waals surface area contributed by atoms with Gasteiger partial charge in [-0.15, -0.1) is 0 Å². The zero-order valence-electron chi connectivity index (χ0n) is 14.4. The fourth-order valence-electron chi connectivity index (χ4n) is 2.40. The third-order valence-corrected chi connectivity index (χ3v) is 3.71. The van der Waals surface area contributed by atoms with E-state index in [0.717, 1.165) is 25.0 Å². The average Bonchev–Trinajstić information content (AvgIpc) is 3.04. The summed E-state index contributed by atoms with van der Waals surface area (Å²) in [7, 11) is 0. The Balaban J connectivity index is 1.73. The van der Waals surface area contributed by atoms with E-state index in [1.807, 2.05) is 19.1 Å². The maximum Gasteiger partial charge on any atom is 0.320 e. The van der Waals surface area contributed by atoms with E-state index in [1.165, 1.54) is 0 Å². The maximum atomic E-state index is 11.9. The first-order valence-electron chi connectivity index (χ1n) is 8.41. The molecule has 7 heteroatoms. The van der Waals surface area contributed by atoms with Crippen molar-refractivity contribution >= 4 is 23.0 Å². The lowest BCUT2D eigenvalue weighted by Gasteiger charge is -2.07. The third kappa shape index (κ3) is 4.32. The van der Waals surface area contributed by atoms with Gasteiger partial charge in [0.15, 0.2) is 11.4 Å². The minimum Gasteiger partial charge on any atom is -0.460 e. The lowest BCUT2D eigenvalue weighted by Crippen LogP contribution is -2.29. The van der Waals surface area contributed by atoms with Crippen LogP contribution in [-0.4, -0.2) is 27.5 Å². The van der Waals surface area contributed by atoms with Crippen LogP contribution in [0.5, 0.6) is 0 Å². The second-order valence-electron chi connectivity index (χ2n) is 5.79. The number of aryl methyl sites for hydroxylation is 1. The molecule has 0 saturated heterocycles. The van der Waals surface area contributed by atoms with Gasteiger partial charge >= 0.3 is 6.03 Å². The van der Waals surface area contributed by atoms with E-state index in [-0.39, 0.29) is 6.03 Å². The second-order valence-corrected chi connectivity index (χ2v) is 5.79. The summed E-state index contributed by atoms with van der Waals surface area (Å²) in [6.45, 7) is 4.64. The summed E-state index contributed by atoms with van der Waals surface area (Å²) in [4.78, 5) is 25.1. The molecule has 0 aromatic carbocycles. The Hall–Kier alpha value is -2.96. The van der Waals surface area contributed by atoms with Crippen molar-refractivity contribution in [2.75, 3.05) is 11.9 Å². The Morgan fingerprint density at radius 3 is 2.80 bits per heavy atom. The number of fused-ring (bicyclic) bond motifs is 1. The molecule has 0 spiro atoms. The summed E-state index contributed by atoms with van der Waals surface area (Å²) in [5.74, 6) is 1.88. The fraction of sp³-hybridized carbons (Fsp3) is 0.333. The Kier molecular flexibility index (Phi) is 5.23. The lowest BCUT2D eigenvalue weighted by molar-refractivity contribution is 0.252. The molecule has 3 aromatic rings. The number of hydrogen-bond acceptors (Lipinski definition) is 5. The van der Waals surface area contributed by atoms with Gasteiger partial charge in [-0.25, -0.2) is 14.8 Å². The molecule has 7 nitrogen and oxygen atoms in total. The van der Waals surface area contributed by atoms with Crippen LogP contribution in [0.1, 0.15) is 31.9 Å². The molecular weight excluding hydrogens is 318 g/mol. The third-order valence-electron chi connectivity index (χ3n) is 3.71. The Morgan fingerprint density at radius 1 is 1.16 bits per heavy atom. The standard InChI is InChI=1S/C18H21N5O2/c1-3-4-5-10-19-18(24)23-16-9-7-13-17(22-16)21-14(11-20-13)15-8-6-12(2)25-15/h6-9,11H,3-5,10H2,1-2H3,(H2,19,21,22,23,24). The Bertz CT molecular complexity index is 875. The Morgan fingerprint density at radius 2 is 2.04 bits per heavy atom. The minimum atomic E-state index is -0.270. The topological polar surface area (TPSA) is 92.9 Å². The maximum absolute atomic E-state index is 11.9. The van der Waals surface area contributed by atoms with Crippen LogP contribution in [0, 0.1) is 6.92 Å². The van der Waals surface area contributed by atoms with E-state index in [1.54, 1.807) is 18.3 Å². The van der Waals surface area contributed by atoms with Gasteiger partial charge in [0.1, 0.15) is 22.8 Å². The number of urea groups is 1. The number of carbonyl (C=O) groups excluding carboxylic acids is 1. The lowest BCUT2D eigenvalue weighted by atomic mass is 10.2. The largest absolute Gasteiger partial charge is 0.460 e. The van der Waals surface area contributed by atoms with Gasteiger partial charge in [-0.3, -0.25) is 10.3 Å². The number of anilines is 1. The summed E-state index contributed by atoms with van der Waals surface area (Å²) < 4.78 is 5.57. The molecule has 0 aliphatic carbocycles. The van der Waals surface area contributed by atoms with Crippen LogP contribution < -0.4 is 10.6 Å². The number of rotatable bonds is 6. The van der Waals surface area contributed by atoms with Crippen molar-refractivity contribution in [1.29, 1.82) is 0 Å². The predicted molar refractivity (Wildman–Crippen MR) is 96.3 cm³/mol. The quantitative estimate of drug-likeness (QED) is 0.664. The highest BCUT2D eigenvalue weighted by molar-refractivity contribution is 5.89. The number of carbonyl (C=O) groups is 1. The first-order chi connectivity index (χ1) is 12.2. The second kappa shape index (κ2) is 7.74. The van der Waals surface area contributed by atoms with Gasteiger partial charge in [0.25, 0.3) is 0 Å². The van der Waals surface area contributed by atoms with Gasteiger partial charge in [0, 0.05) is 6.54 Å². The van der Waals surface area contributed by atoms with Crippen molar-refractivity contribution in [3.8, 4) is 11.5 Å². The average molecular weight is 339 g/mol. The molecule has 3 heterocycles. The molecule has 0 fully saturated rings. The van der Waals surface area contributed by atoms with E-state index >= 15 is 0 Å². The number of nitrogens with one attached hydrogen (secondary N) is 2. The van der Waals surface area contributed by atoms with Gasteiger partial charge in [-0.05, 0) is 37.6 Å². The van der Waals surface area contributed by atoms with E-state index in [2.05, 4.69) is 32.5 Å². The molecule has 0 saturated carbocycles. The molecule has 0 unspecified atom stereocenters. The number of unbranched alkanes of at least 4 members (excludes halogenated alkanes) is 2. The number of amides is 2. The number of pyridine rings is 1. The van der Waals surface area contributed by atoms with E-state index < -0.39 is 0 Å². The zero-order valence-corrected chi connectivity index (χ0v) is 14.4. The number of furan rings is 1. The molecule has 0 bridgehead atoms. The molecule has 0 aliphatic rings. The van der Waals surface area contributed by atoms with Gasteiger partial charge in [-0.1, -0.05) is 19.8 Å². The van der Waals surface area contributed by atoms with Gasteiger partial charge in [-0.2, -0.15) is 0 Å². The molecule has 130 valence electrons. The molecule has 3 aromatic heterocycles. The Labute approximate surface area is 145 Å². The van der Waals surface area contributed by atoms with Gasteiger partial charge in [0.05, 0.1) is 6.20 Å².